The first-order valence-corrected chi connectivity index (χ1v) is 29.9. The quantitative estimate of drug-likeness (QED) is 0.0195. The molecule has 0 aliphatic carbocycles. The van der Waals surface area contributed by atoms with Crippen molar-refractivity contribution in [1.29, 1.82) is 0 Å². The van der Waals surface area contributed by atoms with Gasteiger partial charge in [0.15, 0.2) is 12.4 Å². The number of ether oxygens (including phenoxy) is 4. The highest BCUT2D eigenvalue weighted by molar-refractivity contribution is 5.70. The molecule has 2 unspecified atom stereocenters. The summed E-state index contributed by atoms with van der Waals surface area (Å²) in [6.45, 7) is 4.39. The number of nitrogens with zero attached hydrogens (tertiary/aromatic N) is 1. The Hall–Kier alpha value is -5.61. The number of likely N-dealkylation sites (N-methyl/N-ethyl adjacent to an activating group) is 1. The SMILES string of the molecule is CC/C=C\C/C=C\C/C=C\C/C=C\C/C=C\C/C=C\C/C=C\C/C=C\C/C=C\CCCC(=O)OC(COC(=O)CCCCCCCC/C=C\C/C=C\C/C=C\C/C=C\C/C=C\C/C=C\CC)COC(OCC[N+](C)(C)C)C(=O)[O-]. The second-order valence-corrected chi connectivity index (χ2v) is 20.2. The van der Waals surface area contributed by atoms with Crippen LogP contribution in [0.5, 0.6) is 0 Å². The molecule has 9 nitrogen and oxygen atoms in total. The van der Waals surface area contributed by atoms with Crippen LogP contribution in [0.1, 0.15) is 181 Å². The first kappa shape index (κ1) is 73.4. The summed E-state index contributed by atoms with van der Waals surface area (Å²) in [7, 11) is 5.88. The maximum absolute atomic E-state index is 12.9. The van der Waals surface area contributed by atoms with Gasteiger partial charge in [0.1, 0.15) is 13.2 Å². The molecule has 0 fully saturated rings. The molecular formula is C70H107NO8. The van der Waals surface area contributed by atoms with Crippen molar-refractivity contribution in [2.75, 3.05) is 47.5 Å². The average Bonchev–Trinajstić information content (AvgIpc) is 3.42. The first-order chi connectivity index (χ1) is 38.6. The molecule has 0 N–H and O–H groups in total. The molecule has 9 heteroatoms. The van der Waals surface area contributed by atoms with Crippen LogP contribution in [0.15, 0.2) is 182 Å². The lowest BCUT2D eigenvalue weighted by Gasteiger charge is -2.26. The predicted octanol–water partition coefficient (Wildman–Crippen LogP) is 16.8. The number of carbonyl (C=O) groups excluding carboxylic acids is 3. The van der Waals surface area contributed by atoms with Gasteiger partial charge >= 0.3 is 11.9 Å². The summed E-state index contributed by atoms with van der Waals surface area (Å²) >= 11 is 0. The number of hydrogen-bond donors (Lipinski definition) is 0. The fourth-order valence-electron chi connectivity index (χ4n) is 7.13. The van der Waals surface area contributed by atoms with Crippen LogP contribution >= 0.6 is 0 Å². The summed E-state index contributed by atoms with van der Waals surface area (Å²) in [5, 5.41) is 11.8. The molecule has 0 aromatic rings. The zero-order chi connectivity index (χ0) is 57.6. The second-order valence-electron chi connectivity index (χ2n) is 20.2. The van der Waals surface area contributed by atoms with Gasteiger partial charge in [0, 0.05) is 12.8 Å². The lowest BCUT2D eigenvalue weighted by Crippen LogP contribution is -2.44. The van der Waals surface area contributed by atoms with Crippen molar-refractivity contribution in [2.45, 2.75) is 193 Å². The Bertz CT molecular complexity index is 1940. The van der Waals surface area contributed by atoms with Crippen molar-refractivity contribution in [3.63, 3.8) is 0 Å². The van der Waals surface area contributed by atoms with Crippen molar-refractivity contribution in [3.05, 3.63) is 182 Å². The van der Waals surface area contributed by atoms with Gasteiger partial charge in [0.2, 0.25) is 0 Å². The third-order valence-electron chi connectivity index (χ3n) is 11.6. The van der Waals surface area contributed by atoms with Gasteiger partial charge in [-0.1, -0.05) is 222 Å². The van der Waals surface area contributed by atoms with Crippen LogP contribution in [0.3, 0.4) is 0 Å². The van der Waals surface area contributed by atoms with E-state index < -0.39 is 30.3 Å². The van der Waals surface area contributed by atoms with Crippen LogP contribution in [0, 0.1) is 0 Å². The lowest BCUT2D eigenvalue weighted by molar-refractivity contribution is -0.870. The number of rotatable bonds is 52. The summed E-state index contributed by atoms with van der Waals surface area (Å²) < 4.78 is 22.6. The number of hydrogen-bond acceptors (Lipinski definition) is 8. The summed E-state index contributed by atoms with van der Waals surface area (Å²) in [6, 6.07) is 0. The molecule has 0 saturated heterocycles. The number of carboxylic acid groups (broad SMARTS) is 1. The van der Waals surface area contributed by atoms with Crippen LogP contribution in [-0.2, 0) is 33.3 Å². The molecule has 0 radical (unpaired) electrons. The molecule has 440 valence electrons. The number of carboxylic acids is 1. The minimum Gasteiger partial charge on any atom is -0.545 e. The van der Waals surface area contributed by atoms with Crippen molar-refractivity contribution in [1.82, 2.24) is 0 Å². The molecule has 0 saturated carbocycles. The summed E-state index contributed by atoms with van der Waals surface area (Å²) in [5.74, 6) is -2.41. The van der Waals surface area contributed by atoms with E-state index in [1.165, 1.54) is 0 Å². The monoisotopic (exact) mass is 1090 g/mol. The zero-order valence-electron chi connectivity index (χ0n) is 49.9. The number of quaternary nitrogens is 1. The van der Waals surface area contributed by atoms with E-state index in [1.54, 1.807) is 0 Å². The molecule has 0 aliphatic heterocycles. The van der Waals surface area contributed by atoms with E-state index >= 15 is 0 Å². The molecular weight excluding hydrogens is 983 g/mol. The molecule has 0 heterocycles. The third-order valence-corrected chi connectivity index (χ3v) is 11.6. The molecule has 0 aliphatic rings. The molecule has 0 amide bonds. The second kappa shape index (κ2) is 58.5. The number of aliphatic carboxylic acids is 1. The highest BCUT2D eigenvalue weighted by Gasteiger charge is 2.21. The highest BCUT2D eigenvalue weighted by atomic mass is 16.7. The summed E-state index contributed by atoms with van der Waals surface area (Å²) in [4.78, 5) is 37.3. The normalized spacial score (nSPS) is 14.1. The van der Waals surface area contributed by atoms with Crippen molar-refractivity contribution >= 4 is 17.9 Å². The number of allylic oxidation sites excluding steroid dienone is 30. The van der Waals surface area contributed by atoms with E-state index in [1.807, 2.05) is 27.2 Å². The Morgan fingerprint density at radius 2 is 0.696 bits per heavy atom. The third kappa shape index (κ3) is 59.9. The Kier molecular flexibility index (Phi) is 54.4. The largest absolute Gasteiger partial charge is 0.545 e. The van der Waals surface area contributed by atoms with Gasteiger partial charge in [-0.15, -0.1) is 0 Å². The van der Waals surface area contributed by atoms with E-state index in [9.17, 15) is 19.5 Å². The van der Waals surface area contributed by atoms with Crippen LogP contribution in [-0.4, -0.2) is 82.3 Å². The first-order valence-electron chi connectivity index (χ1n) is 29.9. The number of carbonyl (C=O) groups is 3. The van der Waals surface area contributed by atoms with E-state index in [0.29, 0.717) is 30.3 Å². The summed E-state index contributed by atoms with van der Waals surface area (Å²) in [5.41, 5.74) is 0. The minimum atomic E-state index is -1.65. The van der Waals surface area contributed by atoms with Gasteiger partial charge in [-0.3, -0.25) is 9.59 Å². The van der Waals surface area contributed by atoms with E-state index in [-0.39, 0.29) is 32.7 Å². The van der Waals surface area contributed by atoms with Gasteiger partial charge in [-0.05, 0) is 128 Å². The molecule has 0 spiro atoms. The van der Waals surface area contributed by atoms with E-state index in [0.717, 1.165) is 135 Å². The predicted molar refractivity (Wildman–Crippen MR) is 333 cm³/mol. The molecule has 0 aromatic heterocycles. The molecule has 0 bridgehead atoms. The Morgan fingerprint density at radius 1 is 0.380 bits per heavy atom. The maximum atomic E-state index is 12.9. The lowest BCUT2D eigenvalue weighted by atomic mass is 10.1. The molecule has 2 atom stereocenters. The van der Waals surface area contributed by atoms with Crippen molar-refractivity contribution in [3.8, 4) is 0 Å². The fraction of sp³-hybridized carbons (Fsp3) is 0.529. The zero-order valence-corrected chi connectivity index (χ0v) is 49.9. The van der Waals surface area contributed by atoms with Crippen LogP contribution in [0.25, 0.3) is 0 Å². The van der Waals surface area contributed by atoms with Crippen LogP contribution in [0.2, 0.25) is 0 Å². The Labute approximate surface area is 481 Å². The van der Waals surface area contributed by atoms with Gasteiger partial charge in [-0.25, -0.2) is 0 Å². The van der Waals surface area contributed by atoms with Crippen molar-refractivity contribution in [2.24, 2.45) is 0 Å². The summed E-state index contributed by atoms with van der Waals surface area (Å²) in [6.07, 6.45) is 86.6. The van der Waals surface area contributed by atoms with Gasteiger partial charge in [-0.2, -0.15) is 0 Å². The van der Waals surface area contributed by atoms with Crippen LogP contribution in [0.4, 0.5) is 0 Å². The number of esters is 2. The maximum Gasteiger partial charge on any atom is 0.306 e. The van der Waals surface area contributed by atoms with Gasteiger partial charge < -0.3 is 33.3 Å². The van der Waals surface area contributed by atoms with Crippen molar-refractivity contribution < 1.29 is 42.9 Å². The highest BCUT2D eigenvalue weighted by Crippen LogP contribution is 2.12. The fourth-order valence-corrected chi connectivity index (χ4v) is 7.13. The molecule has 0 aromatic carbocycles. The smallest absolute Gasteiger partial charge is 0.306 e. The van der Waals surface area contributed by atoms with Gasteiger partial charge in [0.25, 0.3) is 0 Å². The van der Waals surface area contributed by atoms with E-state index in [2.05, 4.69) is 190 Å². The van der Waals surface area contributed by atoms with Crippen LogP contribution < -0.4 is 5.11 Å². The average molecular weight is 1090 g/mol. The van der Waals surface area contributed by atoms with Gasteiger partial charge in [0.05, 0.1) is 40.3 Å². The number of unbranched alkanes of at least 4 members (excludes halogenated alkanes) is 7. The van der Waals surface area contributed by atoms with E-state index in [4.69, 9.17) is 18.9 Å². The Morgan fingerprint density at radius 3 is 1.05 bits per heavy atom. The standard InChI is InChI=1S/C70H107NO8/c1-6-8-10-12-14-16-18-20-22-24-26-28-30-32-33-34-35-37-39-41-43-45-47-49-51-53-55-57-59-61-68(73)79-66(65-78-70(69(74)75)76-63-62-71(3,4)5)64-77-67(72)60-58-56-54-52-50-48-46-44-42-40-38-36-31-29-27-25-23-21-19-17-15-13-11-9-7-2/h8-11,14-17,20-23,26-29,32-33,35-38,41-44,47,49,53,55,66,70H,6-7,12-13,18-19,24-25,30-31,34,39-40,45-46,48,50-52,54,56-65H2,1-5H3/b10-8-,11-9-,16-14-,17-15-,22-20-,23-21-,28-26-,29-27-,33-32-,37-35-,38-36-,43-41-,44-42-,49-47-,55-53-. The minimum absolute atomic E-state index is 0.122. The molecule has 0 rings (SSSR count). The molecule has 79 heavy (non-hydrogen) atoms. The topological polar surface area (TPSA) is 111 Å². The Balaban J connectivity index is 4.44.